The van der Waals surface area contributed by atoms with Crippen LogP contribution in [-0.2, 0) is 0 Å². The third-order valence-electron chi connectivity index (χ3n) is 3.65. The molecule has 0 saturated carbocycles. The number of nitrogens with one attached hydrogen (secondary N) is 2. The Balaban J connectivity index is 1.67. The van der Waals surface area contributed by atoms with Crippen molar-refractivity contribution in [2.45, 2.75) is 19.4 Å². The molecule has 0 radical (unpaired) electrons. The lowest BCUT2D eigenvalue weighted by Crippen LogP contribution is -2.39. The Morgan fingerprint density at radius 3 is 2.54 bits per heavy atom. The maximum Gasteiger partial charge on any atom is 0.315 e. The van der Waals surface area contributed by atoms with Gasteiger partial charge in [0.2, 0.25) is 0 Å². The topological polar surface area (TPSA) is 70.6 Å². The Morgan fingerprint density at radius 2 is 1.83 bits per heavy atom. The number of carbonyl (C=O) groups excluding carboxylic acids is 1. The first kappa shape index (κ1) is 17.8. The Kier molecular flexibility index (Phi) is 7.11. The van der Waals surface area contributed by atoms with E-state index in [4.69, 9.17) is 4.74 Å². The quantitative estimate of drug-likeness (QED) is 0.653. The van der Waals surface area contributed by atoms with Gasteiger partial charge in [-0.2, -0.15) is 0 Å². The largest absolute Gasteiger partial charge is 0.493 e. The molecule has 2 rings (SSSR count). The molecule has 0 fully saturated rings. The highest BCUT2D eigenvalue weighted by molar-refractivity contribution is 5.74. The zero-order valence-corrected chi connectivity index (χ0v) is 13.9. The summed E-state index contributed by atoms with van der Waals surface area (Å²) in [5.41, 5.74) is 1.97. The molecule has 128 valence electrons. The molecule has 0 aliphatic carbocycles. The number of aryl methyl sites for hydroxylation is 1. The molecular weight excluding hydrogens is 304 g/mol. The average Bonchev–Trinajstić information content (AvgIpc) is 2.61. The van der Waals surface area contributed by atoms with Crippen molar-refractivity contribution < 1.29 is 14.6 Å². The zero-order chi connectivity index (χ0) is 17.2. The van der Waals surface area contributed by atoms with Gasteiger partial charge in [-0.25, -0.2) is 4.79 Å². The summed E-state index contributed by atoms with van der Waals surface area (Å²) in [6.07, 6.45) is 0.705. The number of amides is 2. The van der Waals surface area contributed by atoms with Crippen LogP contribution < -0.4 is 15.4 Å². The Labute approximate surface area is 142 Å². The van der Waals surface area contributed by atoms with Crippen LogP contribution in [0.4, 0.5) is 4.79 Å². The average molecular weight is 328 g/mol. The Morgan fingerprint density at radius 1 is 1.12 bits per heavy atom. The molecule has 3 N–H and O–H groups in total. The highest BCUT2D eigenvalue weighted by atomic mass is 16.5. The van der Waals surface area contributed by atoms with Crippen LogP contribution >= 0.6 is 0 Å². The van der Waals surface area contributed by atoms with Crippen molar-refractivity contribution in [2.24, 2.45) is 0 Å². The number of aliphatic hydroxyl groups is 1. The third kappa shape index (κ3) is 5.59. The molecule has 5 heteroatoms. The maximum absolute atomic E-state index is 11.9. The molecule has 2 aromatic carbocycles. The molecule has 5 nitrogen and oxygen atoms in total. The predicted molar refractivity (Wildman–Crippen MR) is 94.1 cm³/mol. The van der Waals surface area contributed by atoms with Crippen LogP contribution in [0.3, 0.4) is 0 Å². The highest BCUT2D eigenvalue weighted by Crippen LogP contribution is 2.16. The van der Waals surface area contributed by atoms with Crippen LogP contribution in [0, 0.1) is 6.92 Å². The number of para-hydroxylation sites is 1. The fourth-order valence-corrected chi connectivity index (χ4v) is 2.30. The van der Waals surface area contributed by atoms with Gasteiger partial charge in [0.25, 0.3) is 0 Å². The van der Waals surface area contributed by atoms with Crippen molar-refractivity contribution in [3.63, 3.8) is 0 Å². The van der Waals surface area contributed by atoms with Gasteiger partial charge >= 0.3 is 6.03 Å². The summed E-state index contributed by atoms with van der Waals surface area (Å²) in [5, 5.41) is 15.0. The zero-order valence-electron chi connectivity index (χ0n) is 13.9. The van der Waals surface area contributed by atoms with E-state index in [0.717, 1.165) is 16.9 Å². The summed E-state index contributed by atoms with van der Waals surface area (Å²) in [7, 11) is 0. The first-order valence-corrected chi connectivity index (χ1v) is 8.09. The minimum Gasteiger partial charge on any atom is -0.493 e. The van der Waals surface area contributed by atoms with Gasteiger partial charge in [-0.1, -0.05) is 48.5 Å². The van der Waals surface area contributed by atoms with Crippen molar-refractivity contribution >= 4 is 6.03 Å². The van der Waals surface area contributed by atoms with E-state index in [1.54, 1.807) is 0 Å². The molecular formula is C19H24N2O3. The van der Waals surface area contributed by atoms with Crippen molar-refractivity contribution in [1.82, 2.24) is 10.6 Å². The van der Waals surface area contributed by atoms with Crippen molar-refractivity contribution in [1.29, 1.82) is 0 Å². The molecule has 1 unspecified atom stereocenters. The lowest BCUT2D eigenvalue weighted by atomic mass is 10.1. The van der Waals surface area contributed by atoms with Crippen LogP contribution in [0.2, 0.25) is 0 Å². The summed E-state index contributed by atoms with van der Waals surface area (Å²) in [4.78, 5) is 11.9. The Bertz CT molecular complexity index is 632. The van der Waals surface area contributed by atoms with Crippen LogP contribution in [0.5, 0.6) is 5.75 Å². The van der Waals surface area contributed by atoms with Crippen LogP contribution in [0.25, 0.3) is 0 Å². The summed E-state index contributed by atoms with van der Waals surface area (Å²) >= 11 is 0. The summed E-state index contributed by atoms with van der Waals surface area (Å²) in [5.74, 6) is 0.867. The van der Waals surface area contributed by atoms with E-state index in [9.17, 15) is 9.90 Å². The molecule has 24 heavy (non-hydrogen) atoms. The van der Waals surface area contributed by atoms with E-state index < -0.39 is 6.04 Å². The normalized spacial score (nSPS) is 11.6. The van der Waals surface area contributed by atoms with Crippen LogP contribution in [0.15, 0.2) is 54.6 Å². The van der Waals surface area contributed by atoms with E-state index in [1.165, 1.54) is 0 Å². The number of hydrogen-bond donors (Lipinski definition) is 3. The highest BCUT2D eigenvalue weighted by Gasteiger charge is 2.12. The smallest absolute Gasteiger partial charge is 0.315 e. The minimum atomic E-state index is -0.408. The first-order chi connectivity index (χ1) is 11.7. The summed E-state index contributed by atoms with van der Waals surface area (Å²) < 4.78 is 5.68. The van der Waals surface area contributed by atoms with Crippen molar-refractivity contribution in [3.8, 4) is 5.75 Å². The van der Waals surface area contributed by atoms with E-state index in [0.29, 0.717) is 19.6 Å². The first-order valence-electron chi connectivity index (χ1n) is 8.09. The molecule has 0 aliphatic rings. The molecule has 2 aromatic rings. The van der Waals surface area contributed by atoms with Gasteiger partial charge in [0, 0.05) is 6.54 Å². The second-order valence-electron chi connectivity index (χ2n) is 5.51. The van der Waals surface area contributed by atoms with Gasteiger partial charge in [0.05, 0.1) is 19.3 Å². The van der Waals surface area contributed by atoms with Gasteiger partial charge in [-0.05, 0) is 30.5 Å². The fraction of sp³-hybridized carbons (Fsp3) is 0.316. The molecule has 0 spiro atoms. The van der Waals surface area contributed by atoms with E-state index in [-0.39, 0.29) is 12.6 Å². The standard InChI is InChI=1S/C19H24N2O3/c1-15-8-5-6-11-18(15)24-13-7-12-20-19(23)21-17(14-22)16-9-3-2-4-10-16/h2-6,8-11,17,22H,7,12-14H2,1H3,(H2,20,21,23). The number of ether oxygens (including phenoxy) is 1. The van der Waals surface area contributed by atoms with E-state index in [2.05, 4.69) is 10.6 Å². The van der Waals surface area contributed by atoms with Gasteiger partial charge in [0.15, 0.2) is 0 Å². The molecule has 0 saturated heterocycles. The van der Waals surface area contributed by atoms with Crippen LogP contribution in [-0.4, -0.2) is 30.9 Å². The molecule has 0 bridgehead atoms. The minimum absolute atomic E-state index is 0.145. The van der Waals surface area contributed by atoms with Crippen LogP contribution in [0.1, 0.15) is 23.6 Å². The third-order valence-corrected chi connectivity index (χ3v) is 3.65. The Hall–Kier alpha value is -2.53. The number of rotatable bonds is 8. The second-order valence-corrected chi connectivity index (χ2v) is 5.51. The van der Waals surface area contributed by atoms with Gasteiger partial charge in [-0.15, -0.1) is 0 Å². The van der Waals surface area contributed by atoms with E-state index in [1.807, 2.05) is 61.5 Å². The van der Waals surface area contributed by atoms with E-state index >= 15 is 0 Å². The number of aliphatic hydroxyl groups excluding tert-OH is 1. The van der Waals surface area contributed by atoms with Crippen molar-refractivity contribution in [3.05, 3.63) is 65.7 Å². The molecule has 1 atom stereocenters. The van der Waals surface area contributed by atoms with Gasteiger partial charge < -0.3 is 20.5 Å². The molecule has 0 aromatic heterocycles. The number of hydrogen-bond acceptors (Lipinski definition) is 3. The molecule has 0 aliphatic heterocycles. The number of carbonyl (C=O) groups is 1. The fourth-order valence-electron chi connectivity index (χ4n) is 2.30. The van der Waals surface area contributed by atoms with Gasteiger partial charge in [0.1, 0.15) is 5.75 Å². The summed E-state index contributed by atoms with van der Waals surface area (Å²) in [6.45, 7) is 2.89. The lowest BCUT2D eigenvalue weighted by Gasteiger charge is -2.17. The number of urea groups is 1. The SMILES string of the molecule is Cc1ccccc1OCCCNC(=O)NC(CO)c1ccccc1. The van der Waals surface area contributed by atoms with Crippen molar-refractivity contribution in [2.75, 3.05) is 19.8 Å². The second kappa shape index (κ2) is 9.57. The molecule has 0 heterocycles. The lowest BCUT2D eigenvalue weighted by molar-refractivity contribution is 0.216. The number of benzene rings is 2. The molecule has 2 amide bonds. The maximum atomic E-state index is 11.9. The van der Waals surface area contributed by atoms with Gasteiger partial charge in [-0.3, -0.25) is 0 Å². The summed E-state index contributed by atoms with van der Waals surface area (Å²) in [6, 6.07) is 16.5. The monoisotopic (exact) mass is 328 g/mol. The predicted octanol–water partition coefficient (Wildman–Crippen LogP) is 2.80.